The van der Waals surface area contributed by atoms with Crippen LogP contribution in [0.5, 0.6) is 0 Å². The normalized spacial score (nSPS) is 14.3. The molecule has 2 rings (SSSR count). The summed E-state index contributed by atoms with van der Waals surface area (Å²) in [5.74, 6) is -0.291. The van der Waals surface area contributed by atoms with E-state index in [0.29, 0.717) is 5.56 Å². The van der Waals surface area contributed by atoms with Crippen molar-refractivity contribution in [3.63, 3.8) is 0 Å². The fourth-order valence-corrected chi connectivity index (χ4v) is 1.83. The molecule has 0 aliphatic carbocycles. The van der Waals surface area contributed by atoms with Crippen LogP contribution in [0.1, 0.15) is 5.56 Å². The Balaban J connectivity index is 2.74. The van der Waals surface area contributed by atoms with Crippen LogP contribution in [0.25, 0.3) is 5.53 Å². The molecule has 0 fully saturated rings. The van der Waals surface area contributed by atoms with Gasteiger partial charge in [-0.2, -0.15) is 4.79 Å². The van der Waals surface area contributed by atoms with Crippen LogP contribution in [0, 0.1) is 0 Å². The number of benzene rings is 1. The van der Waals surface area contributed by atoms with Gasteiger partial charge in [-0.1, -0.05) is 15.9 Å². The van der Waals surface area contributed by atoms with Gasteiger partial charge in [0.05, 0.1) is 11.3 Å². The second-order valence-corrected chi connectivity index (χ2v) is 3.89. The van der Waals surface area contributed by atoms with E-state index in [1.807, 2.05) is 6.07 Å². The third-order valence-corrected chi connectivity index (χ3v) is 2.68. The number of carbonyl (C=O) groups is 1. The zero-order valence-corrected chi connectivity index (χ0v) is 8.95. The molecule has 1 aliphatic heterocycles. The van der Waals surface area contributed by atoms with Gasteiger partial charge >= 0.3 is 11.6 Å². The van der Waals surface area contributed by atoms with E-state index in [0.717, 1.165) is 10.2 Å². The van der Waals surface area contributed by atoms with Gasteiger partial charge < -0.3 is 10.4 Å². The monoisotopic (exact) mass is 251 g/mol. The minimum absolute atomic E-state index is 0.0869. The maximum Gasteiger partial charge on any atom is 0.389 e. The first-order chi connectivity index (χ1) is 6.65. The molecule has 1 heterocycles. The molecular formula is C9H6BrN3O. The summed E-state index contributed by atoms with van der Waals surface area (Å²) < 4.78 is 0.848. The molecule has 0 radical (unpaired) electrons. The summed E-state index contributed by atoms with van der Waals surface area (Å²) in [5.41, 5.74) is 10.2. The zero-order valence-electron chi connectivity index (χ0n) is 7.36. The van der Waals surface area contributed by atoms with E-state index >= 15 is 0 Å². The highest BCUT2D eigenvalue weighted by Crippen LogP contribution is 2.29. The van der Waals surface area contributed by atoms with Gasteiger partial charge in [0.25, 0.3) is 0 Å². The fraction of sp³-hybridized carbons (Fsp3) is 0.111. The van der Waals surface area contributed by atoms with Crippen molar-refractivity contribution in [2.45, 2.75) is 0 Å². The second kappa shape index (κ2) is 3.04. The lowest BCUT2D eigenvalue weighted by molar-refractivity contribution is -0.115. The minimum atomic E-state index is -0.291. The van der Waals surface area contributed by atoms with Gasteiger partial charge in [0, 0.05) is 11.5 Å². The average molecular weight is 252 g/mol. The van der Waals surface area contributed by atoms with E-state index in [1.165, 1.54) is 4.90 Å². The standard InChI is InChI=1S/C9H6BrN3O/c1-13-7-3-2-5(10)4-6(7)8(12-11)9(13)14/h2-4H,1H3. The summed E-state index contributed by atoms with van der Waals surface area (Å²) in [6, 6.07) is 5.39. The molecule has 4 nitrogen and oxygen atoms in total. The Hall–Kier alpha value is -1.45. The van der Waals surface area contributed by atoms with Crippen molar-refractivity contribution in [3.8, 4) is 0 Å². The first-order valence-electron chi connectivity index (χ1n) is 3.95. The second-order valence-electron chi connectivity index (χ2n) is 2.97. The number of hydrogen-bond acceptors (Lipinski definition) is 1. The summed E-state index contributed by atoms with van der Waals surface area (Å²) in [4.78, 5) is 16.0. The largest absolute Gasteiger partial charge is 0.389 e. The molecule has 0 unspecified atom stereocenters. The van der Waals surface area contributed by atoms with Crippen LogP contribution in [0.2, 0.25) is 0 Å². The molecule has 5 heteroatoms. The number of nitrogens with zero attached hydrogens (tertiary/aromatic N) is 3. The van der Waals surface area contributed by atoms with Crippen molar-refractivity contribution in [1.29, 1.82) is 0 Å². The van der Waals surface area contributed by atoms with Crippen molar-refractivity contribution in [2.24, 2.45) is 0 Å². The number of carbonyl (C=O) groups excluding carboxylic acids is 1. The fourth-order valence-electron chi connectivity index (χ4n) is 1.47. The van der Waals surface area contributed by atoms with Crippen molar-refractivity contribution in [3.05, 3.63) is 33.8 Å². The number of anilines is 1. The maximum atomic E-state index is 11.5. The van der Waals surface area contributed by atoms with E-state index in [2.05, 4.69) is 20.7 Å². The number of fused-ring (bicyclic) bond motifs is 1. The molecule has 0 N–H and O–H groups in total. The van der Waals surface area contributed by atoms with Crippen LogP contribution < -0.4 is 4.90 Å². The SMILES string of the molecule is CN1C(=O)C(=[N+]=[N-])c2cc(Br)ccc21. The lowest BCUT2D eigenvalue weighted by atomic mass is 10.1. The van der Waals surface area contributed by atoms with E-state index in [4.69, 9.17) is 5.53 Å². The van der Waals surface area contributed by atoms with E-state index < -0.39 is 0 Å². The molecule has 0 saturated heterocycles. The number of halogens is 1. The highest BCUT2D eigenvalue weighted by atomic mass is 79.9. The summed E-state index contributed by atoms with van der Waals surface area (Å²) in [7, 11) is 1.65. The van der Waals surface area contributed by atoms with Gasteiger partial charge in [0.2, 0.25) is 0 Å². The summed E-state index contributed by atoms with van der Waals surface area (Å²) in [6.45, 7) is 0. The molecule has 1 aromatic rings. The molecule has 0 aromatic heterocycles. The van der Waals surface area contributed by atoms with Crippen molar-refractivity contribution in [1.82, 2.24) is 0 Å². The Bertz CT molecular complexity index is 477. The van der Waals surface area contributed by atoms with Gasteiger partial charge in [-0.3, -0.25) is 4.79 Å². The number of rotatable bonds is 0. The molecule has 1 amide bonds. The predicted molar refractivity (Wildman–Crippen MR) is 55.3 cm³/mol. The number of hydrogen-bond donors (Lipinski definition) is 0. The number of amides is 1. The quantitative estimate of drug-likeness (QED) is 0.509. The maximum absolute atomic E-state index is 11.5. The van der Waals surface area contributed by atoms with Crippen molar-refractivity contribution < 1.29 is 9.58 Å². The van der Waals surface area contributed by atoms with Gasteiger partial charge in [-0.25, -0.2) is 0 Å². The van der Waals surface area contributed by atoms with Crippen LogP contribution in [0.15, 0.2) is 22.7 Å². The topological polar surface area (TPSA) is 56.7 Å². The van der Waals surface area contributed by atoms with Crippen LogP contribution in [-0.2, 0) is 4.79 Å². The predicted octanol–water partition coefficient (Wildman–Crippen LogP) is 1.44. The Labute approximate surface area is 88.9 Å². The molecule has 1 aromatic carbocycles. The highest BCUT2D eigenvalue weighted by molar-refractivity contribution is 9.10. The molecule has 0 spiro atoms. The average Bonchev–Trinajstić information content (AvgIpc) is 2.39. The van der Waals surface area contributed by atoms with E-state index in [-0.39, 0.29) is 11.6 Å². The van der Waals surface area contributed by atoms with Gasteiger partial charge in [-0.15, -0.1) is 0 Å². The molecular weight excluding hydrogens is 246 g/mol. The Morgan fingerprint density at radius 3 is 2.86 bits per heavy atom. The van der Waals surface area contributed by atoms with Gasteiger partial charge in [0.15, 0.2) is 0 Å². The third-order valence-electron chi connectivity index (χ3n) is 2.18. The van der Waals surface area contributed by atoms with Crippen molar-refractivity contribution in [2.75, 3.05) is 11.9 Å². The minimum Gasteiger partial charge on any atom is -0.361 e. The Morgan fingerprint density at radius 1 is 1.50 bits per heavy atom. The molecule has 1 aliphatic rings. The zero-order chi connectivity index (χ0) is 10.3. The van der Waals surface area contributed by atoms with E-state index in [1.54, 1.807) is 19.2 Å². The molecule has 0 atom stereocenters. The Morgan fingerprint density at radius 2 is 2.21 bits per heavy atom. The Kier molecular flexibility index (Phi) is 1.98. The first-order valence-corrected chi connectivity index (χ1v) is 4.74. The van der Waals surface area contributed by atoms with Crippen LogP contribution in [0.3, 0.4) is 0 Å². The summed E-state index contributed by atoms with van der Waals surface area (Å²) >= 11 is 3.29. The highest BCUT2D eigenvalue weighted by Gasteiger charge is 2.38. The number of likely N-dealkylation sites (N-methyl/N-ethyl adjacent to an activating group) is 1. The van der Waals surface area contributed by atoms with Crippen LogP contribution in [-0.4, -0.2) is 23.5 Å². The molecule has 14 heavy (non-hydrogen) atoms. The lowest BCUT2D eigenvalue weighted by Crippen LogP contribution is -2.25. The third kappa shape index (κ3) is 1.10. The van der Waals surface area contributed by atoms with Gasteiger partial charge in [-0.05, 0) is 18.2 Å². The lowest BCUT2D eigenvalue weighted by Gasteiger charge is -2.06. The molecule has 70 valence electrons. The summed E-state index contributed by atoms with van der Waals surface area (Å²) in [6.07, 6.45) is 0. The van der Waals surface area contributed by atoms with Gasteiger partial charge in [0.1, 0.15) is 0 Å². The first kappa shape index (κ1) is 9.12. The molecule has 0 saturated carbocycles. The smallest absolute Gasteiger partial charge is 0.361 e. The molecule has 0 bridgehead atoms. The van der Waals surface area contributed by atoms with E-state index in [9.17, 15) is 4.79 Å². The van der Waals surface area contributed by atoms with Crippen LogP contribution >= 0.6 is 15.9 Å². The van der Waals surface area contributed by atoms with Crippen molar-refractivity contribution >= 4 is 33.2 Å². The summed E-state index contributed by atoms with van der Waals surface area (Å²) in [5, 5.41) is 0. The van der Waals surface area contributed by atoms with Crippen LogP contribution in [0.4, 0.5) is 5.69 Å².